The Labute approximate surface area is 88.9 Å². The highest BCUT2D eigenvalue weighted by atomic mass is 16.3. The molecule has 1 nitrogen and oxygen atoms in total. The van der Waals surface area contributed by atoms with Gasteiger partial charge in [0.15, 0.2) is 0 Å². The monoisotopic (exact) mass is 196 g/mol. The maximum atomic E-state index is 9.53. The molecule has 0 bridgehead atoms. The van der Waals surface area contributed by atoms with Gasteiger partial charge < -0.3 is 5.11 Å². The Balaban J connectivity index is 3.68. The van der Waals surface area contributed by atoms with Gasteiger partial charge in [-0.1, -0.05) is 27.2 Å². The third-order valence-electron chi connectivity index (χ3n) is 2.63. The van der Waals surface area contributed by atoms with Crippen LogP contribution < -0.4 is 0 Å². The second kappa shape index (κ2) is 9.09. The molecule has 0 radical (unpaired) electrons. The van der Waals surface area contributed by atoms with E-state index in [1.165, 1.54) is 0 Å². The van der Waals surface area contributed by atoms with Crippen LogP contribution in [-0.2, 0) is 0 Å². The molecule has 1 heteroatoms. The molecule has 0 rings (SSSR count). The Morgan fingerprint density at radius 3 is 2.29 bits per heavy atom. The molecule has 0 aliphatic heterocycles. The van der Waals surface area contributed by atoms with Gasteiger partial charge in [-0.2, -0.15) is 0 Å². The minimum absolute atomic E-state index is 0.112. The van der Waals surface area contributed by atoms with Crippen molar-refractivity contribution in [2.75, 3.05) is 0 Å². The van der Waals surface area contributed by atoms with Crippen LogP contribution in [0.5, 0.6) is 0 Å². The number of hydrogen-bond acceptors (Lipinski definition) is 1. The fourth-order valence-electron chi connectivity index (χ4n) is 1.53. The molecule has 0 saturated carbocycles. The highest BCUT2D eigenvalue weighted by molar-refractivity contribution is 4.97. The van der Waals surface area contributed by atoms with Gasteiger partial charge in [-0.15, -0.1) is 11.8 Å². The Morgan fingerprint density at radius 1 is 1.07 bits per heavy atom. The number of hydrogen-bond donors (Lipinski definition) is 1. The lowest BCUT2D eigenvalue weighted by Gasteiger charge is -2.16. The summed E-state index contributed by atoms with van der Waals surface area (Å²) in [4.78, 5) is 0. The molecule has 0 saturated heterocycles. The van der Waals surface area contributed by atoms with E-state index in [9.17, 15) is 5.11 Å². The van der Waals surface area contributed by atoms with Crippen molar-refractivity contribution in [1.82, 2.24) is 0 Å². The molecule has 0 aromatic rings. The van der Waals surface area contributed by atoms with Gasteiger partial charge in [0, 0.05) is 12.8 Å². The molecule has 2 unspecified atom stereocenters. The van der Waals surface area contributed by atoms with E-state index >= 15 is 0 Å². The second-order valence-electron chi connectivity index (χ2n) is 3.82. The van der Waals surface area contributed by atoms with E-state index in [1.807, 2.05) is 6.92 Å². The minimum Gasteiger partial charge on any atom is -0.393 e. The Morgan fingerprint density at radius 2 is 1.79 bits per heavy atom. The summed E-state index contributed by atoms with van der Waals surface area (Å²) in [5, 5.41) is 9.53. The number of aliphatic hydroxyl groups is 1. The van der Waals surface area contributed by atoms with Crippen LogP contribution in [0, 0.1) is 17.8 Å². The summed E-state index contributed by atoms with van der Waals surface area (Å²) in [6, 6.07) is 0. The molecule has 2 atom stereocenters. The summed E-state index contributed by atoms with van der Waals surface area (Å²) in [6.07, 6.45) is 5.94. The van der Waals surface area contributed by atoms with Gasteiger partial charge >= 0.3 is 0 Å². The van der Waals surface area contributed by atoms with Gasteiger partial charge in [0.05, 0.1) is 6.10 Å². The van der Waals surface area contributed by atoms with Gasteiger partial charge in [-0.05, 0) is 25.2 Å². The first-order chi connectivity index (χ1) is 6.74. The van der Waals surface area contributed by atoms with Crippen LogP contribution in [0.25, 0.3) is 0 Å². The number of aliphatic hydroxyl groups excluding tert-OH is 1. The zero-order chi connectivity index (χ0) is 10.8. The maximum absolute atomic E-state index is 9.53. The first kappa shape index (κ1) is 13.5. The van der Waals surface area contributed by atoms with Crippen molar-refractivity contribution in [1.29, 1.82) is 0 Å². The molecule has 82 valence electrons. The van der Waals surface area contributed by atoms with Gasteiger partial charge in [-0.25, -0.2) is 0 Å². The SMILES string of the molecule is CCC#CCCC(CC)CC(O)CC. The van der Waals surface area contributed by atoms with Gasteiger partial charge in [0.1, 0.15) is 0 Å². The maximum Gasteiger partial charge on any atom is 0.0540 e. The zero-order valence-corrected chi connectivity index (χ0v) is 9.84. The molecule has 14 heavy (non-hydrogen) atoms. The smallest absolute Gasteiger partial charge is 0.0540 e. The zero-order valence-electron chi connectivity index (χ0n) is 9.84. The standard InChI is InChI=1S/C13H24O/c1-4-7-8-9-10-12(5-2)11-13(14)6-3/h12-14H,4-6,9-11H2,1-3H3. The highest BCUT2D eigenvalue weighted by Gasteiger charge is 2.10. The molecule has 1 N–H and O–H groups in total. The van der Waals surface area contributed by atoms with Crippen LogP contribution in [0.4, 0.5) is 0 Å². The fraction of sp³-hybridized carbons (Fsp3) is 0.846. The molecule has 0 aromatic heterocycles. The van der Waals surface area contributed by atoms with Crippen LogP contribution in [0.3, 0.4) is 0 Å². The van der Waals surface area contributed by atoms with Gasteiger partial charge in [0.25, 0.3) is 0 Å². The molecule has 0 heterocycles. The van der Waals surface area contributed by atoms with Crippen LogP contribution in [0.1, 0.15) is 59.3 Å². The van der Waals surface area contributed by atoms with E-state index in [0.717, 1.165) is 38.5 Å². The van der Waals surface area contributed by atoms with Crippen molar-refractivity contribution in [2.24, 2.45) is 5.92 Å². The predicted molar refractivity (Wildman–Crippen MR) is 62.0 cm³/mol. The van der Waals surface area contributed by atoms with E-state index in [1.54, 1.807) is 0 Å². The topological polar surface area (TPSA) is 20.2 Å². The average molecular weight is 196 g/mol. The summed E-state index contributed by atoms with van der Waals surface area (Å²) in [6.45, 7) is 6.31. The molecule has 0 spiro atoms. The predicted octanol–water partition coefficient (Wildman–Crippen LogP) is 3.37. The van der Waals surface area contributed by atoms with Gasteiger partial charge in [0.2, 0.25) is 0 Å². The largest absolute Gasteiger partial charge is 0.393 e. The molecule has 0 aliphatic rings. The Kier molecular flexibility index (Phi) is 8.78. The highest BCUT2D eigenvalue weighted by Crippen LogP contribution is 2.18. The fourth-order valence-corrected chi connectivity index (χ4v) is 1.53. The van der Waals surface area contributed by atoms with Crippen molar-refractivity contribution in [3.8, 4) is 11.8 Å². The van der Waals surface area contributed by atoms with E-state index in [4.69, 9.17) is 0 Å². The summed E-state index contributed by atoms with van der Waals surface area (Å²) in [7, 11) is 0. The summed E-state index contributed by atoms with van der Waals surface area (Å²) in [5.41, 5.74) is 0. The van der Waals surface area contributed by atoms with Crippen molar-refractivity contribution in [3.63, 3.8) is 0 Å². The minimum atomic E-state index is -0.112. The van der Waals surface area contributed by atoms with E-state index < -0.39 is 0 Å². The average Bonchev–Trinajstić information content (AvgIpc) is 2.22. The molecular weight excluding hydrogens is 172 g/mol. The Hall–Kier alpha value is -0.480. The van der Waals surface area contributed by atoms with Crippen LogP contribution in [-0.4, -0.2) is 11.2 Å². The van der Waals surface area contributed by atoms with Crippen LogP contribution in [0.2, 0.25) is 0 Å². The first-order valence-electron chi connectivity index (χ1n) is 5.88. The van der Waals surface area contributed by atoms with Crippen molar-refractivity contribution in [2.45, 2.75) is 65.4 Å². The van der Waals surface area contributed by atoms with E-state index in [0.29, 0.717) is 5.92 Å². The van der Waals surface area contributed by atoms with Crippen LogP contribution in [0.15, 0.2) is 0 Å². The van der Waals surface area contributed by atoms with Crippen LogP contribution >= 0.6 is 0 Å². The number of rotatable bonds is 6. The lowest BCUT2D eigenvalue weighted by Crippen LogP contribution is -2.11. The molecular formula is C13H24O. The Bertz CT molecular complexity index is 175. The quantitative estimate of drug-likeness (QED) is 0.646. The van der Waals surface area contributed by atoms with Crippen molar-refractivity contribution >= 4 is 0 Å². The first-order valence-corrected chi connectivity index (χ1v) is 5.88. The summed E-state index contributed by atoms with van der Waals surface area (Å²) < 4.78 is 0. The summed E-state index contributed by atoms with van der Waals surface area (Å²) in [5.74, 6) is 6.89. The lowest BCUT2D eigenvalue weighted by molar-refractivity contribution is 0.134. The molecule has 0 aliphatic carbocycles. The third-order valence-corrected chi connectivity index (χ3v) is 2.63. The third kappa shape index (κ3) is 6.97. The normalized spacial score (nSPS) is 14.3. The molecule has 0 amide bonds. The van der Waals surface area contributed by atoms with Gasteiger partial charge in [-0.3, -0.25) is 0 Å². The summed E-state index contributed by atoms with van der Waals surface area (Å²) >= 11 is 0. The van der Waals surface area contributed by atoms with Crippen molar-refractivity contribution in [3.05, 3.63) is 0 Å². The molecule has 0 aromatic carbocycles. The van der Waals surface area contributed by atoms with Crippen molar-refractivity contribution < 1.29 is 5.11 Å². The molecule has 0 fully saturated rings. The lowest BCUT2D eigenvalue weighted by atomic mass is 9.93. The van der Waals surface area contributed by atoms with E-state index in [2.05, 4.69) is 25.7 Å². The van der Waals surface area contributed by atoms with E-state index in [-0.39, 0.29) is 6.10 Å². The second-order valence-corrected chi connectivity index (χ2v) is 3.82.